The van der Waals surface area contributed by atoms with Crippen molar-refractivity contribution in [2.45, 2.75) is 424 Å². The molecule has 0 saturated carbocycles. The Morgan fingerprint density at radius 2 is 0.573 bits per heavy atom. The van der Waals surface area contributed by atoms with Crippen LogP contribution in [0.5, 0.6) is 0 Å². The van der Waals surface area contributed by atoms with E-state index in [9.17, 15) is 19.8 Å². The molecule has 484 valence electrons. The molecule has 6 nitrogen and oxygen atoms in total. The van der Waals surface area contributed by atoms with E-state index in [1.807, 2.05) is 6.08 Å². The van der Waals surface area contributed by atoms with Gasteiger partial charge in [0.25, 0.3) is 0 Å². The first-order chi connectivity index (χ1) is 40.5. The third kappa shape index (κ3) is 67.2. The molecule has 0 aromatic carbocycles. The second-order valence-corrected chi connectivity index (χ2v) is 25.6. The minimum Gasteiger partial charge on any atom is -0.466 e. The van der Waals surface area contributed by atoms with Crippen molar-refractivity contribution in [2.24, 2.45) is 0 Å². The van der Waals surface area contributed by atoms with Crippen LogP contribution in [0.25, 0.3) is 0 Å². The first-order valence-corrected chi connectivity index (χ1v) is 37.3. The summed E-state index contributed by atoms with van der Waals surface area (Å²) < 4.78 is 5.48. The number of aliphatic hydroxyl groups excluding tert-OH is 2. The topological polar surface area (TPSA) is 95.9 Å². The molecule has 0 aliphatic rings. The number of carbonyl (C=O) groups excluding carboxylic acids is 2. The molecular weight excluding hydrogens is 1010 g/mol. The van der Waals surface area contributed by atoms with Crippen LogP contribution >= 0.6 is 0 Å². The van der Waals surface area contributed by atoms with E-state index < -0.39 is 12.1 Å². The molecule has 2 atom stereocenters. The number of nitrogens with one attached hydrogen (secondary N) is 1. The van der Waals surface area contributed by atoms with Crippen molar-refractivity contribution in [1.29, 1.82) is 0 Å². The van der Waals surface area contributed by atoms with Gasteiger partial charge in [0, 0.05) is 12.8 Å². The molecule has 0 fully saturated rings. The predicted molar refractivity (Wildman–Crippen MR) is 361 cm³/mol. The molecule has 0 bridgehead atoms. The third-order valence-corrected chi connectivity index (χ3v) is 17.4. The first kappa shape index (κ1) is 80.1. The Morgan fingerprint density at radius 1 is 0.329 bits per heavy atom. The van der Waals surface area contributed by atoms with Gasteiger partial charge in [-0.05, 0) is 83.5 Å². The minimum absolute atomic E-state index is 0.00674. The maximum absolute atomic E-state index is 12.5. The molecule has 82 heavy (non-hydrogen) atoms. The number of hydrogen-bond acceptors (Lipinski definition) is 5. The van der Waals surface area contributed by atoms with Gasteiger partial charge in [0.2, 0.25) is 5.91 Å². The number of allylic oxidation sites excluding steroid dienone is 5. The van der Waals surface area contributed by atoms with Gasteiger partial charge in [-0.1, -0.05) is 352 Å². The van der Waals surface area contributed by atoms with Crippen LogP contribution in [0, 0.1) is 0 Å². The van der Waals surface area contributed by atoms with Crippen molar-refractivity contribution < 1.29 is 24.5 Å². The van der Waals surface area contributed by atoms with E-state index in [4.69, 9.17) is 4.74 Å². The van der Waals surface area contributed by atoms with Crippen LogP contribution < -0.4 is 5.32 Å². The third-order valence-electron chi connectivity index (χ3n) is 17.4. The van der Waals surface area contributed by atoms with Gasteiger partial charge in [0.1, 0.15) is 0 Å². The summed E-state index contributed by atoms with van der Waals surface area (Å²) in [5.74, 6) is -0.0568. The molecular formula is C76H145NO5. The van der Waals surface area contributed by atoms with E-state index in [0.717, 1.165) is 44.9 Å². The van der Waals surface area contributed by atoms with Gasteiger partial charge in [0.15, 0.2) is 0 Å². The van der Waals surface area contributed by atoms with Crippen LogP contribution in [0.2, 0.25) is 0 Å². The molecule has 0 aliphatic heterocycles. The van der Waals surface area contributed by atoms with E-state index in [1.165, 1.54) is 340 Å². The Bertz CT molecular complexity index is 1330. The molecule has 1 amide bonds. The van der Waals surface area contributed by atoms with Crippen molar-refractivity contribution in [3.05, 3.63) is 36.5 Å². The van der Waals surface area contributed by atoms with Gasteiger partial charge in [0.05, 0.1) is 25.4 Å². The Kier molecular flexibility index (Phi) is 69.9. The minimum atomic E-state index is -0.846. The fourth-order valence-corrected chi connectivity index (χ4v) is 11.7. The van der Waals surface area contributed by atoms with Gasteiger partial charge in [-0.25, -0.2) is 0 Å². The molecule has 0 aliphatic carbocycles. The largest absolute Gasteiger partial charge is 0.466 e. The van der Waals surface area contributed by atoms with E-state index in [1.54, 1.807) is 6.08 Å². The lowest BCUT2D eigenvalue weighted by Crippen LogP contribution is -2.45. The molecule has 2 unspecified atom stereocenters. The SMILES string of the molecule is CCCCCC/C=C\CCCCCCCC(=O)OCCCCCCCCCCCCCC/C=C\CCCCCCCCCCCCCCC(=O)NC(CO)C(O)/C=C/CCCCCCCCCCCCCCCCCCCCCCCC. The molecule has 0 radical (unpaired) electrons. The predicted octanol–water partition coefficient (Wildman–Crippen LogP) is 24.3. The second-order valence-electron chi connectivity index (χ2n) is 25.6. The fraction of sp³-hybridized carbons (Fsp3) is 0.895. The van der Waals surface area contributed by atoms with Gasteiger partial charge in [-0.2, -0.15) is 0 Å². The summed E-state index contributed by atoms with van der Waals surface area (Å²) in [6, 6.07) is -0.630. The highest BCUT2D eigenvalue weighted by Crippen LogP contribution is 2.19. The van der Waals surface area contributed by atoms with Crippen molar-refractivity contribution in [2.75, 3.05) is 13.2 Å². The van der Waals surface area contributed by atoms with E-state index in [2.05, 4.69) is 43.5 Å². The molecule has 0 saturated heterocycles. The molecule has 3 N–H and O–H groups in total. The Balaban J connectivity index is 3.41. The summed E-state index contributed by atoms with van der Waals surface area (Å²) in [6.07, 6.45) is 92.4. The van der Waals surface area contributed by atoms with E-state index in [-0.39, 0.29) is 18.5 Å². The van der Waals surface area contributed by atoms with Gasteiger partial charge < -0.3 is 20.3 Å². The Labute approximate surface area is 513 Å². The number of rotatable bonds is 70. The summed E-state index contributed by atoms with van der Waals surface area (Å²) in [6.45, 7) is 4.92. The molecule has 6 heteroatoms. The summed E-state index contributed by atoms with van der Waals surface area (Å²) >= 11 is 0. The Morgan fingerprint density at radius 3 is 0.878 bits per heavy atom. The van der Waals surface area contributed by atoms with Gasteiger partial charge >= 0.3 is 5.97 Å². The lowest BCUT2D eigenvalue weighted by Gasteiger charge is -2.20. The smallest absolute Gasteiger partial charge is 0.305 e. The Hall–Kier alpha value is -1.92. The number of ether oxygens (including phenoxy) is 1. The van der Waals surface area contributed by atoms with E-state index in [0.29, 0.717) is 19.4 Å². The highest BCUT2D eigenvalue weighted by atomic mass is 16.5. The van der Waals surface area contributed by atoms with Gasteiger partial charge in [-0.3, -0.25) is 9.59 Å². The van der Waals surface area contributed by atoms with Crippen LogP contribution in [-0.2, 0) is 14.3 Å². The number of unbranched alkanes of at least 4 members (excludes halogenated alkanes) is 55. The number of carbonyl (C=O) groups is 2. The molecule has 0 aromatic heterocycles. The van der Waals surface area contributed by atoms with Crippen molar-refractivity contribution in [1.82, 2.24) is 5.32 Å². The summed E-state index contributed by atoms with van der Waals surface area (Å²) in [4.78, 5) is 24.6. The zero-order valence-corrected chi connectivity index (χ0v) is 55.5. The molecule has 0 aromatic rings. The van der Waals surface area contributed by atoms with Crippen molar-refractivity contribution in [3.63, 3.8) is 0 Å². The molecule has 0 rings (SSSR count). The quantitative estimate of drug-likeness (QED) is 0.0320. The van der Waals surface area contributed by atoms with Crippen LogP contribution in [0.4, 0.5) is 0 Å². The lowest BCUT2D eigenvalue weighted by atomic mass is 10.0. The maximum atomic E-state index is 12.5. The van der Waals surface area contributed by atoms with Crippen LogP contribution in [0.1, 0.15) is 412 Å². The van der Waals surface area contributed by atoms with Crippen LogP contribution in [0.15, 0.2) is 36.5 Å². The van der Waals surface area contributed by atoms with E-state index >= 15 is 0 Å². The summed E-state index contributed by atoms with van der Waals surface area (Å²) in [7, 11) is 0. The number of aliphatic hydroxyl groups is 2. The standard InChI is InChI=1S/C76H145NO5/c1-3-5-7-9-11-13-15-17-18-19-20-21-22-29-32-35-38-41-45-48-52-56-60-64-68-74(79)73(72-78)77-75(80)69-65-61-57-53-49-46-42-39-36-33-30-27-25-23-24-26-28-31-34-37-40-43-47-51-55-59-63-67-71-82-76(81)70-66-62-58-54-50-44-16-14-12-10-8-6-4-2/h14,16,23-24,64,68,73-74,78-79H,3-13,15,17-22,25-63,65-67,69-72H2,1-2H3,(H,77,80)/b16-14-,24-23-,68-64+. The monoisotopic (exact) mass is 1150 g/mol. The zero-order chi connectivity index (χ0) is 59.2. The van der Waals surface area contributed by atoms with Gasteiger partial charge in [-0.15, -0.1) is 0 Å². The highest BCUT2D eigenvalue weighted by molar-refractivity contribution is 5.76. The summed E-state index contributed by atoms with van der Waals surface area (Å²) in [5.41, 5.74) is 0. The average Bonchev–Trinajstić information content (AvgIpc) is 3.48. The fourth-order valence-electron chi connectivity index (χ4n) is 11.7. The molecule has 0 heterocycles. The van der Waals surface area contributed by atoms with Crippen LogP contribution in [0.3, 0.4) is 0 Å². The zero-order valence-electron chi connectivity index (χ0n) is 55.5. The number of esters is 1. The maximum Gasteiger partial charge on any atom is 0.305 e. The summed E-state index contributed by atoms with van der Waals surface area (Å²) in [5, 5.41) is 23.3. The first-order valence-electron chi connectivity index (χ1n) is 37.3. The normalized spacial score (nSPS) is 12.7. The van der Waals surface area contributed by atoms with Crippen molar-refractivity contribution >= 4 is 11.9 Å². The number of hydrogen-bond donors (Lipinski definition) is 3. The molecule has 0 spiro atoms. The average molecular weight is 1150 g/mol. The highest BCUT2D eigenvalue weighted by Gasteiger charge is 2.18. The van der Waals surface area contributed by atoms with Crippen molar-refractivity contribution in [3.8, 4) is 0 Å². The second kappa shape index (κ2) is 71.6. The van der Waals surface area contributed by atoms with Crippen LogP contribution in [-0.4, -0.2) is 47.4 Å². The lowest BCUT2D eigenvalue weighted by molar-refractivity contribution is -0.143. The number of amides is 1.